The highest BCUT2D eigenvalue weighted by molar-refractivity contribution is 5.94. The van der Waals surface area contributed by atoms with Crippen LogP contribution in [0.2, 0.25) is 0 Å². The van der Waals surface area contributed by atoms with Gasteiger partial charge in [-0.3, -0.25) is 4.79 Å². The van der Waals surface area contributed by atoms with E-state index in [9.17, 15) is 4.79 Å². The lowest BCUT2D eigenvalue weighted by molar-refractivity contribution is -0.126. The first-order valence-corrected chi connectivity index (χ1v) is 6.01. The molecule has 0 heterocycles. The highest BCUT2D eigenvalue weighted by atomic mass is 16.5. The molecule has 0 saturated heterocycles. The molecule has 6 heteroatoms. The summed E-state index contributed by atoms with van der Waals surface area (Å²) in [6.45, 7) is 2.56. The smallest absolute Gasteiger partial charge is 0.246 e. The van der Waals surface area contributed by atoms with Crippen LogP contribution in [0.15, 0.2) is 5.16 Å². The molecular weight excluding hydrogens is 222 g/mol. The third-order valence-corrected chi connectivity index (χ3v) is 3.02. The zero-order valence-electron chi connectivity index (χ0n) is 10.2. The molecule has 0 aromatic rings. The number of amides is 1. The first-order valence-electron chi connectivity index (χ1n) is 6.01. The Morgan fingerprint density at radius 3 is 2.71 bits per heavy atom. The molecule has 0 bridgehead atoms. The predicted molar refractivity (Wildman–Crippen MR) is 63.9 cm³/mol. The number of nitrogens with one attached hydrogen (secondary N) is 1. The van der Waals surface area contributed by atoms with Crippen LogP contribution in [0.1, 0.15) is 39.0 Å². The molecule has 1 aliphatic rings. The SMILES string of the molecule is CCCOCC(=O)NC1(C(N)=NO)CCCC1. The number of nitrogens with zero attached hydrogens (tertiary/aromatic N) is 1. The van der Waals surface area contributed by atoms with Crippen molar-refractivity contribution >= 4 is 11.7 Å². The maximum atomic E-state index is 11.7. The fraction of sp³-hybridized carbons (Fsp3) is 0.818. The molecule has 17 heavy (non-hydrogen) atoms. The summed E-state index contributed by atoms with van der Waals surface area (Å²) in [5.74, 6) is -0.134. The first kappa shape index (κ1) is 13.8. The van der Waals surface area contributed by atoms with Crippen molar-refractivity contribution in [3.63, 3.8) is 0 Å². The maximum absolute atomic E-state index is 11.7. The number of carbonyl (C=O) groups excluding carboxylic acids is 1. The van der Waals surface area contributed by atoms with E-state index in [1.807, 2.05) is 6.92 Å². The van der Waals surface area contributed by atoms with Crippen LogP contribution in [-0.4, -0.2) is 35.7 Å². The van der Waals surface area contributed by atoms with E-state index in [2.05, 4.69) is 10.5 Å². The van der Waals surface area contributed by atoms with Gasteiger partial charge in [-0.2, -0.15) is 0 Å². The van der Waals surface area contributed by atoms with Crippen molar-refractivity contribution in [3.05, 3.63) is 0 Å². The van der Waals surface area contributed by atoms with Gasteiger partial charge in [-0.05, 0) is 19.3 Å². The second-order valence-corrected chi connectivity index (χ2v) is 4.38. The standard InChI is InChI=1S/C11H21N3O3/c1-2-7-17-8-9(15)13-11(10(12)14-16)5-3-4-6-11/h16H,2-8H2,1H3,(H2,12,14)(H,13,15). The van der Waals surface area contributed by atoms with Gasteiger partial charge in [0.15, 0.2) is 5.84 Å². The van der Waals surface area contributed by atoms with Crippen LogP contribution in [0, 0.1) is 0 Å². The number of oxime groups is 1. The Morgan fingerprint density at radius 2 is 2.18 bits per heavy atom. The molecule has 1 amide bonds. The quantitative estimate of drug-likeness (QED) is 0.209. The summed E-state index contributed by atoms with van der Waals surface area (Å²) in [7, 11) is 0. The molecule has 0 unspecified atom stereocenters. The van der Waals surface area contributed by atoms with Crippen LogP contribution in [0.3, 0.4) is 0 Å². The molecule has 1 aliphatic carbocycles. The molecule has 1 saturated carbocycles. The lowest BCUT2D eigenvalue weighted by Gasteiger charge is -2.28. The van der Waals surface area contributed by atoms with E-state index < -0.39 is 5.54 Å². The molecule has 0 aromatic carbocycles. The van der Waals surface area contributed by atoms with Crippen molar-refractivity contribution in [1.82, 2.24) is 5.32 Å². The van der Waals surface area contributed by atoms with E-state index in [1.165, 1.54) is 0 Å². The van der Waals surface area contributed by atoms with Crippen molar-refractivity contribution in [3.8, 4) is 0 Å². The van der Waals surface area contributed by atoms with Gasteiger partial charge in [0, 0.05) is 6.61 Å². The molecule has 0 atom stereocenters. The molecule has 0 aliphatic heterocycles. The molecule has 4 N–H and O–H groups in total. The molecule has 0 spiro atoms. The van der Waals surface area contributed by atoms with E-state index in [4.69, 9.17) is 15.7 Å². The molecule has 98 valence electrons. The van der Waals surface area contributed by atoms with Gasteiger partial charge in [-0.15, -0.1) is 0 Å². The average molecular weight is 243 g/mol. The summed E-state index contributed by atoms with van der Waals surface area (Å²) >= 11 is 0. The zero-order valence-corrected chi connectivity index (χ0v) is 10.2. The number of hydrogen-bond donors (Lipinski definition) is 3. The summed E-state index contributed by atoms with van der Waals surface area (Å²) in [6, 6.07) is 0. The van der Waals surface area contributed by atoms with E-state index in [1.54, 1.807) is 0 Å². The number of rotatable bonds is 6. The Bertz CT molecular complexity index is 286. The summed E-state index contributed by atoms with van der Waals surface area (Å²) in [4.78, 5) is 11.7. The Hall–Kier alpha value is -1.30. The minimum absolute atomic E-state index is 0.0221. The summed E-state index contributed by atoms with van der Waals surface area (Å²) in [5.41, 5.74) is 4.98. The van der Waals surface area contributed by atoms with Gasteiger partial charge in [0.1, 0.15) is 12.1 Å². The van der Waals surface area contributed by atoms with Gasteiger partial charge in [0.2, 0.25) is 5.91 Å². The van der Waals surface area contributed by atoms with Crippen LogP contribution >= 0.6 is 0 Å². The normalized spacial score (nSPS) is 19.2. The Labute approximate surface area is 101 Å². The fourth-order valence-electron chi connectivity index (χ4n) is 2.13. The number of ether oxygens (including phenoxy) is 1. The molecule has 0 radical (unpaired) electrons. The zero-order chi connectivity index (χ0) is 12.7. The Morgan fingerprint density at radius 1 is 1.53 bits per heavy atom. The monoisotopic (exact) mass is 243 g/mol. The van der Waals surface area contributed by atoms with Gasteiger partial charge in [-0.1, -0.05) is 24.9 Å². The molecule has 0 aromatic heterocycles. The topological polar surface area (TPSA) is 96.9 Å². The van der Waals surface area contributed by atoms with Crippen molar-refractivity contribution in [2.45, 2.75) is 44.6 Å². The lowest BCUT2D eigenvalue weighted by Crippen LogP contribution is -2.56. The molecule has 1 rings (SSSR count). The largest absolute Gasteiger partial charge is 0.409 e. The highest BCUT2D eigenvalue weighted by Gasteiger charge is 2.39. The van der Waals surface area contributed by atoms with Gasteiger partial charge < -0.3 is 21.0 Å². The van der Waals surface area contributed by atoms with Gasteiger partial charge in [-0.25, -0.2) is 0 Å². The summed E-state index contributed by atoms with van der Waals surface area (Å²) in [5, 5.41) is 14.6. The number of amidine groups is 1. The second-order valence-electron chi connectivity index (χ2n) is 4.38. The molecule has 6 nitrogen and oxygen atoms in total. The van der Waals surface area contributed by atoms with Crippen LogP contribution in [0.25, 0.3) is 0 Å². The fourth-order valence-corrected chi connectivity index (χ4v) is 2.13. The molecule has 1 fully saturated rings. The highest BCUT2D eigenvalue weighted by Crippen LogP contribution is 2.29. The van der Waals surface area contributed by atoms with Crippen molar-refractivity contribution in [2.24, 2.45) is 10.9 Å². The van der Waals surface area contributed by atoms with E-state index in [0.29, 0.717) is 19.4 Å². The Balaban J connectivity index is 2.53. The summed E-state index contributed by atoms with van der Waals surface area (Å²) < 4.78 is 5.16. The number of nitrogens with two attached hydrogens (primary N) is 1. The third-order valence-electron chi connectivity index (χ3n) is 3.02. The van der Waals surface area contributed by atoms with E-state index in [-0.39, 0.29) is 18.3 Å². The number of carbonyl (C=O) groups is 1. The van der Waals surface area contributed by atoms with E-state index in [0.717, 1.165) is 19.3 Å². The average Bonchev–Trinajstić information content (AvgIpc) is 2.78. The van der Waals surface area contributed by atoms with Crippen LogP contribution < -0.4 is 11.1 Å². The van der Waals surface area contributed by atoms with Crippen LogP contribution in [0.4, 0.5) is 0 Å². The molecular formula is C11H21N3O3. The maximum Gasteiger partial charge on any atom is 0.246 e. The van der Waals surface area contributed by atoms with Gasteiger partial charge >= 0.3 is 0 Å². The van der Waals surface area contributed by atoms with Crippen molar-refractivity contribution in [1.29, 1.82) is 0 Å². The first-order chi connectivity index (χ1) is 8.14. The van der Waals surface area contributed by atoms with Gasteiger partial charge in [0.25, 0.3) is 0 Å². The second kappa shape index (κ2) is 6.44. The predicted octanol–water partition coefficient (Wildman–Crippen LogP) is 0.588. The van der Waals surface area contributed by atoms with Crippen LogP contribution in [-0.2, 0) is 9.53 Å². The van der Waals surface area contributed by atoms with Crippen molar-refractivity contribution < 1.29 is 14.7 Å². The minimum Gasteiger partial charge on any atom is -0.409 e. The third kappa shape index (κ3) is 3.59. The summed E-state index contributed by atoms with van der Waals surface area (Å²) in [6.07, 6.45) is 4.22. The lowest BCUT2D eigenvalue weighted by atomic mass is 9.96. The van der Waals surface area contributed by atoms with Crippen molar-refractivity contribution in [2.75, 3.05) is 13.2 Å². The number of hydrogen-bond acceptors (Lipinski definition) is 4. The minimum atomic E-state index is -0.679. The van der Waals surface area contributed by atoms with Gasteiger partial charge in [0.05, 0.1) is 0 Å². The Kier molecular flexibility index (Phi) is 5.21. The van der Waals surface area contributed by atoms with Crippen LogP contribution in [0.5, 0.6) is 0 Å². The van der Waals surface area contributed by atoms with E-state index >= 15 is 0 Å².